The lowest BCUT2D eigenvalue weighted by molar-refractivity contribution is 1.22. The van der Waals surface area contributed by atoms with Gasteiger partial charge in [-0.2, -0.15) is 10.5 Å². The molecule has 1 aromatic heterocycles. The van der Waals surface area contributed by atoms with Crippen LogP contribution in [-0.4, -0.2) is 11.5 Å². The molecule has 0 radical (unpaired) electrons. The van der Waals surface area contributed by atoms with Crippen molar-refractivity contribution in [3.63, 3.8) is 0 Å². The van der Waals surface area contributed by atoms with E-state index in [2.05, 4.69) is 16.2 Å². The molecule has 1 aromatic rings. The molecule has 0 saturated carbocycles. The van der Waals surface area contributed by atoms with Crippen LogP contribution in [0.3, 0.4) is 0 Å². The molecule has 1 heterocycles. The number of nitrogen functional groups attached to an aromatic ring is 1. The maximum atomic E-state index is 8.80. The Balaban J connectivity index is 3.20. The second kappa shape index (κ2) is 4.50. The lowest BCUT2D eigenvalue weighted by atomic mass is 10.2. The highest BCUT2D eigenvalue weighted by atomic mass is 15.0. The highest BCUT2D eigenvalue weighted by Gasteiger charge is 2.08. The van der Waals surface area contributed by atoms with Crippen LogP contribution in [0.5, 0.6) is 0 Å². The van der Waals surface area contributed by atoms with Crippen LogP contribution < -0.4 is 11.1 Å². The Morgan fingerprint density at radius 2 is 2.07 bits per heavy atom. The van der Waals surface area contributed by atoms with Gasteiger partial charge in [0.1, 0.15) is 23.8 Å². The van der Waals surface area contributed by atoms with Crippen molar-refractivity contribution in [2.24, 2.45) is 0 Å². The first kappa shape index (κ1) is 10.4. The first-order valence-electron chi connectivity index (χ1n) is 4.01. The number of nitrogens with two attached hydrogens (primary N) is 1. The molecular weight excluding hydrogens is 190 g/mol. The van der Waals surface area contributed by atoms with Crippen LogP contribution >= 0.6 is 0 Å². The standard InChI is InChI=1S/C10H7N5/c1-2-3-14-10-8(6-12)4-7(5-11)9(13)15-10/h1,4H,3H2,(H3,13,14,15). The fraction of sp³-hybridized carbons (Fsp3) is 0.100. The zero-order valence-corrected chi connectivity index (χ0v) is 7.78. The van der Waals surface area contributed by atoms with Gasteiger partial charge in [-0.05, 0) is 6.07 Å². The van der Waals surface area contributed by atoms with Gasteiger partial charge in [0, 0.05) is 0 Å². The van der Waals surface area contributed by atoms with Gasteiger partial charge in [-0.15, -0.1) is 6.42 Å². The number of rotatable bonds is 2. The highest BCUT2D eigenvalue weighted by molar-refractivity contribution is 5.62. The predicted molar refractivity (Wildman–Crippen MR) is 55.4 cm³/mol. The van der Waals surface area contributed by atoms with Crippen LogP contribution in [0.4, 0.5) is 11.6 Å². The Labute approximate surface area is 87.1 Å². The lowest BCUT2D eigenvalue weighted by Crippen LogP contribution is -2.06. The molecular formula is C10H7N5. The van der Waals surface area contributed by atoms with Gasteiger partial charge in [-0.3, -0.25) is 0 Å². The van der Waals surface area contributed by atoms with Gasteiger partial charge in [-0.25, -0.2) is 4.98 Å². The Morgan fingerprint density at radius 1 is 1.40 bits per heavy atom. The SMILES string of the molecule is C#CCNc1nc(N)c(C#N)cc1C#N. The summed E-state index contributed by atoms with van der Waals surface area (Å²) >= 11 is 0. The topological polar surface area (TPSA) is 98.5 Å². The first-order valence-corrected chi connectivity index (χ1v) is 4.01. The number of hydrogen-bond acceptors (Lipinski definition) is 5. The predicted octanol–water partition coefficient (Wildman–Crippen LogP) is 0.452. The fourth-order valence-corrected chi connectivity index (χ4v) is 0.972. The van der Waals surface area contributed by atoms with Crippen molar-refractivity contribution in [2.45, 2.75) is 0 Å². The number of nitrogens with zero attached hydrogens (tertiary/aromatic N) is 3. The lowest BCUT2D eigenvalue weighted by Gasteiger charge is -2.05. The fourth-order valence-electron chi connectivity index (χ4n) is 0.972. The summed E-state index contributed by atoms with van der Waals surface area (Å²) in [6, 6.07) is 5.13. The van der Waals surface area contributed by atoms with Gasteiger partial charge in [0.2, 0.25) is 0 Å². The maximum absolute atomic E-state index is 8.80. The Kier molecular flexibility index (Phi) is 3.11. The van der Waals surface area contributed by atoms with Crippen LogP contribution in [0.15, 0.2) is 6.07 Å². The molecule has 0 unspecified atom stereocenters. The number of nitrogens with one attached hydrogen (secondary N) is 1. The van der Waals surface area contributed by atoms with Crippen LogP contribution in [0.2, 0.25) is 0 Å². The van der Waals surface area contributed by atoms with E-state index in [0.717, 1.165) is 0 Å². The molecule has 0 aliphatic heterocycles. The molecule has 0 aliphatic carbocycles. The van der Waals surface area contributed by atoms with Gasteiger partial charge < -0.3 is 11.1 Å². The van der Waals surface area contributed by atoms with E-state index in [4.69, 9.17) is 22.7 Å². The maximum Gasteiger partial charge on any atom is 0.147 e. The summed E-state index contributed by atoms with van der Waals surface area (Å²) in [7, 11) is 0. The van der Waals surface area contributed by atoms with E-state index in [1.165, 1.54) is 6.07 Å². The number of aromatic nitrogens is 1. The Morgan fingerprint density at radius 3 is 2.60 bits per heavy atom. The third-order valence-electron chi connectivity index (χ3n) is 1.65. The van der Waals surface area contributed by atoms with Gasteiger partial charge in [0.15, 0.2) is 0 Å². The van der Waals surface area contributed by atoms with E-state index in [9.17, 15) is 0 Å². The Hall–Kier alpha value is -2.71. The highest BCUT2D eigenvalue weighted by Crippen LogP contribution is 2.17. The number of pyridine rings is 1. The van der Waals surface area contributed by atoms with Crippen molar-refractivity contribution in [1.29, 1.82) is 10.5 Å². The van der Waals surface area contributed by atoms with Crippen molar-refractivity contribution >= 4 is 11.6 Å². The molecule has 0 fully saturated rings. The molecule has 0 atom stereocenters. The average Bonchev–Trinajstić information content (AvgIpc) is 2.26. The Bertz CT molecular complexity index is 498. The number of nitriles is 2. The summed E-state index contributed by atoms with van der Waals surface area (Å²) in [4.78, 5) is 3.88. The molecule has 0 aliphatic rings. The summed E-state index contributed by atoms with van der Waals surface area (Å²) in [6.07, 6.45) is 5.06. The van der Waals surface area contributed by atoms with Crippen molar-refractivity contribution in [2.75, 3.05) is 17.6 Å². The molecule has 0 amide bonds. The van der Waals surface area contributed by atoms with Crippen molar-refractivity contribution < 1.29 is 0 Å². The zero-order valence-electron chi connectivity index (χ0n) is 7.78. The summed E-state index contributed by atoms with van der Waals surface area (Å²) in [5, 5.41) is 20.2. The van der Waals surface area contributed by atoms with Crippen molar-refractivity contribution in [1.82, 2.24) is 4.98 Å². The van der Waals surface area contributed by atoms with Crippen LogP contribution in [0, 0.1) is 35.0 Å². The van der Waals surface area contributed by atoms with E-state index in [1.54, 1.807) is 0 Å². The molecule has 0 aromatic carbocycles. The number of hydrogen-bond donors (Lipinski definition) is 2. The second-order valence-corrected chi connectivity index (χ2v) is 2.60. The van der Waals surface area contributed by atoms with Crippen LogP contribution in [-0.2, 0) is 0 Å². The molecule has 0 bridgehead atoms. The summed E-state index contributed by atoms with van der Waals surface area (Å²) in [6.45, 7) is 0.243. The average molecular weight is 197 g/mol. The number of anilines is 2. The minimum atomic E-state index is 0.0796. The molecule has 5 heteroatoms. The van der Waals surface area contributed by atoms with Gasteiger partial charge in [0.25, 0.3) is 0 Å². The summed E-state index contributed by atoms with van der Waals surface area (Å²) in [5.41, 5.74) is 5.92. The number of terminal acetylenes is 1. The third-order valence-corrected chi connectivity index (χ3v) is 1.65. The van der Waals surface area contributed by atoms with Gasteiger partial charge in [0.05, 0.1) is 17.7 Å². The van der Waals surface area contributed by atoms with Gasteiger partial charge in [-0.1, -0.05) is 5.92 Å². The molecule has 1 rings (SSSR count). The quantitative estimate of drug-likeness (QED) is 0.671. The van der Waals surface area contributed by atoms with E-state index in [1.807, 2.05) is 12.1 Å². The van der Waals surface area contributed by atoms with E-state index in [-0.39, 0.29) is 23.5 Å². The van der Waals surface area contributed by atoms with Crippen LogP contribution in [0.1, 0.15) is 11.1 Å². The monoisotopic (exact) mass is 197 g/mol. The molecule has 15 heavy (non-hydrogen) atoms. The van der Waals surface area contributed by atoms with Crippen LogP contribution in [0.25, 0.3) is 0 Å². The van der Waals surface area contributed by atoms with E-state index in [0.29, 0.717) is 5.82 Å². The molecule has 0 saturated heterocycles. The first-order chi connectivity index (χ1) is 7.22. The summed E-state index contributed by atoms with van der Waals surface area (Å²) in [5.74, 6) is 2.73. The van der Waals surface area contributed by atoms with Crippen molar-refractivity contribution in [3.8, 4) is 24.5 Å². The van der Waals surface area contributed by atoms with E-state index < -0.39 is 0 Å². The minimum absolute atomic E-state index is 0.0796. The molecule has 0 spiro atoms. The van der Waals surface area contributed by atoms with Gasteiger partial charge >= 0.3 is 0 Å². The van der Waals surface area contributed by atoms with E-state index >= 15 is 0 Å². The summed E-state index contributed by atoms with van der Waals surface area (Å²) < 4.78 is 0. The molecule has 5 nitrogen and oxygen atoms in total. The minimum Gasteiger partial charge on any atom is -0.383 e. The second-order valence-electron chi connectivity index (χ2n) is 2.60. The third kappa shape index (κ3) is 2.15. The van der Waals surface area contributed by atoms with Crippen molar-refractivity contribution in [3.05, 3.63) is 17.2 Å². The zero-order chi connectivity index (χ0) is 11.3. The smallest absolute Gasteiger partial charge is 0.147 e. The largest absolute Gasteiger partial charge is 0.383 e. The molecule has 72 valence electrons. The molecule has 3 N–H and O–H groups in total. The normalized spacial score (nSPS) is 8.33.